The van der Waals surface area contributed by atoms with Crippen LogP contribution in [0, 0.1) is 0 Å². The molecule has 0 saturated carbocycles. The Labute approximate surface area is 167 Å². The lowest BCUT2D eigenvalue weighted by Gasteiger charge is -2.11. The molecule has 3 rings (SSSR count). The molecule has 3 N–H and O–H groups in total. The van der Waals surface area contributed by atoms with Gasteiger partial charge in [0.25, 0.3) is 0 Å². The van der Waals surface area contributed by atoms with Crippen LogP contribution < -0.4 is 20.7 Å². The lowest BCUT2D eigenvalue weighted by atomic mass is 10.2. The summed E-state index contributed by atoms with van der Waals surface area (Å²) in [5.41, 5.74) is 1.69. The summed E-state index contributed by atoms with van der Waals surface area (Å²) in [6.45, 7) is 0.455. The van der Waals surface area contributed by atoms with Crippen molar-refractivity contribution in [3.63, 3.8) is 0 Å². The monoisotopic (exact) mass is 395 g/mol. The summed E-state index contributed by atoms with van der Waals surface area (Å²) in [4.78, 5) is 32.1. The molecule has 0 radical (unpaired) electrons. The fourth-order valence-electron chi connectivity index (χ4n) is 2.50. The molecule has 0 aliphatic carbocycles. The summed E-state index contributed by atoms with van der Waals surface area (Å²) < 4.78 is 6.60. The topological polar surface area (TPSA) is 123 Å². The average molecular weight is 395 g/mol. The fourth-order valence-corrected chi connectivity index (χ4v) is 2.50. The Morgan fingerprint density at radius 3 is 2.62 bits per heavy atom. The van der Waals surface area contributed by atoms with Crippen molar-refractivity contribution in [1.29, 1.82) is 0 Å². The third kappa shape index (κ3) is 5.76. The molecule has 0 unspecified atom stereocenters. The first-order chi connectivity index (χ1) is 14.2. The molecule has 2 aromatic heterocycles. The molecule has 0 spiro atoms. The van der Waals surface area contributed by atoms with Crippen molar-refractivity contribution >= 4 is 11.9 Å². The van der Waals surface area contributed by atoms with Gasteiger partial charge in [0.2, 0.25) is 5.91 Å². The van der Waals surface area contributed by atoms with Gasteiger partial charge in [0.1, 0.15) is 18.4 Å². The summed E-state index contributed by atoms with van der Waals surface area (Å²) in [5, 5.41) is 12.0. The van der Waals surface area contributed by atoms with Crippen molar-refractivity contribution in [1.82, 2.24) is 35.7 Å². The molecule has 0 aliphatic heterocycles. The van der Waals surface area contributed by atoms with Gasteiger partial charge in [0.05, 0.1) is 13.7 Å². The van der Waals surface area contributed by atoms with Gasteiger partial charge in [0, 0.05) is 24.8 Å². The number of nitrogens with one attached hydrogen (secondary N) is 3. The first-order valence-corrected chi connectivity index (χ1v) is 8.86. The molecule has 3 amide bonds. The molecule has 10 heteroatoms. The lowest BCUT2D eigenvalue weighted by Crippen LogP contribution is -2.41. The van der Waals surface area contributed by atoms with E-state index in [9.17, 15) is 9.59 Å². The molecule has 0 atom stereocenters. The normalized spacial score (nSPS) is 10.2. The zero-order chi connectivity index (χ0) is 20.5. The maximum absolute atomic E-state index is 12.0. The minimum Gasteiger partial charge on any atom is -0.497 e. The number of ether oxygens (including phenoxy) is 1. The van der Waals surface area contributed by atoms with Gasteiger partial charge in [0.15, 0.2) is 5.82 Å². The number of pyridine rings is 1. The predicted octanol–water partition coefficient (Wildman–Crippen LogP) is 0.786. The molecule has 2 heterocycles. The van der Waals surface area contributed by atoms with Gasteiger partial charge < -0.3 is 20.7 Å². The van der Waals surface area contributed by atoms with E-state index >= 15 is 0 Å². The number of hydrogen-bond acceptors (Lipinski definition) is 6. The Morgan fingerprint density at radius 1 is 1.07 bits per heavy atom. The third-order valence-electron chi connectivity index (χ3n) is 4.00. The molecule has 29 heavy (non-hydrogen) atoms. The van der Waals surface area contributed by atoms with Gasteiger partial charge in [-0.15, -0.1) is 0 Å². The van der Waals surface area contributed by atoms with Crippen LogP contribution in [0.3, 0.4) is 0 Å². The van der Waals surface area contributed by atoms with Crippen LogP contribution in [-0.2, 0) is 17.9 Å². The van der Waals surface area contributed by atoms with Crippen molar-refractivity contribution < 1.29 is 14.3 Å². The minimum atomic E-state index is -0.460. The molecule has 0 aliphatic rings. The van der Waals surface area contributed by atoms with Crippen LogP contribution in [0.4, 0.5) is 4.79 Å². The van der Waals surface area contributed by atoms with Crippen LogP contribution in [-0.4, -0.2) is 45.3 Å². The van der Waals surface area contributed by atoms with Gasteiger partial charge >= 0.3 is 6.03 Å². The quantitative estimate of drug-likeness (QED) is 0.518. The number of methoxy groups -OCH3 is 1. The number of nitrogens with zero attached hydrogens (tertiary/aromatic N) is 4. The van der Waals surface area contributed by atoms with E-state index in [-0.39, 0.29) is 19.0 Å². The van der Waals surface area contributed by atoms with Crippen LogP contribution in [0.25, 0.3) is 5.82 Å². The first kappa shape index (κ1) is 19.8. The largest absolute Gasteiger partial charge is 0.497 e. The second-order valence-corrected chi connectivity index (χ2v) is 5.99. The molecular weight excluding hydrogens is 374 g/mol. The van der Waals surface area contributed by atoms with Crippen molar-refractivity contribution in [2.75, 3.05) is 13.7 Å². The molecule has 0 bridgehead atoms. The number of amides is 3. The zero-order valence-corrected chi connectivity index (χ0v) is 15.8. The lowest BCUT2D eigenvalue weighted by molar-refractivity contribution is -0.120. The number of urea groups is 1. The Hall–Kier alpha value is -3.95. The minimum absolute atomic E-state index is 0.134. The van der Waals surface area contributed by atoms with Crippen LogP contribution in [0.1, 0.15) is 11.1 Å². The third-order valence-corrected chi connectivity index (χ3v) is 4.00. The van der Waals surface area contributed by atoms with Gasteiger partial charge in [-0.3, -0.25) is 4.79 Å². The van der Waals surface area contributed by atoms with Gasteiger partial charge in [-0.25, -0.2) is 19.4 Å². The maximum Gasteiger partial charge on any atom is 0.315 e. The summed E-state index contributed by atoms with van der Waals surface area (Å²) in [6.07, 6.45) is 4.57. The van der Waals surface area contributed by atoms with Crippen LogP contribution in [0.15, 0.2) is 55.2 Å². The number of hydrogen-bond donors (Lipinski definition) is 3. The molecular formula is C19H21N7O3. The van der Waals surface area contributed by atoms with Crippen LogP contribution in [0.5, 0.6) is 5.75 Å². The van der Waals surface area contributed by atoms with E-state index in [1.807, 2.05) is 30.3 Å². The fraction of sp³-hybridized carbons (Fsp3) is 0.211. The number of carbonyl (C=O) groups excluding carboxylic acids is 2. The molecule has 1 aromatic carbocycles. The molecule has 150 valence electrons. The van der Waals surface area contributed by atoms with Crippen LogP contribution in [0.2, 0.25) is 0 Å². The van der Waals surface area contributed by atoms with Crippen molar-refractivity contribution in [2.45, 2.75) is 13.1 Å². The first-order valence-electron chi connectivity index (χ1n) is 8.86. The second-order valence-electron chi connectivity index (χ2n) is 5.99. The standard InChI is InChI=1S/C19H21N7O3/c1-29-16-6-4-14(5-7-16)9-22-17(27)11-24-19(28)23-10-15-3-2-8-21-18(15)26-13-20-12-25-26/h2-8,12-13H,9-11H2,1H3,(H,22,27)(H2,23,24,28). The van der Waals surface area contributed by atoms with Crippen molar-refractivity contribution in [2.24, 2.45) is 0 Å². The Bertz CT molecular complexity index is 943. The highest BCUT2D eigenvalue weighted by molar-refractivity contribution is 5.83. The number of benzene rings is 1. The number of rotatable bonds is 8. The molecule has 0 fully saturated rings. The Morgan fingerprint density at radius 2 is 1.90 bits per heavy atom. The highest BCUT2D eigenvalue weighted by Crippen LogP contribution is 2.11. The van der Waals surface area contributed by atoms with E-state index in [1.165, 1.54) is 17.3 Å². The molecule has 0 saturated heterocycles. The highest BCUT2D eigenvalue weighted by Gasteiger charge is 2.09. The van der Waals surface area contributed by atoms with E-state index < -0.39 is 6.03 Å². The van der Waals surface area contributed by atoms with E-state index in [2.05, 4.69) is 31.0 Å². The summed E-state index contributed by atoms with van der Waals surface area (Å²) in [6, 6.07) is 10.5. The van der Waals surface area contributed by atoms with E-state index in [4.69, 9.17) is 4.74 Å². The molecule has 10 nitrogen and oxygen atoms in total. The van der Waals surface area contributed by atoms with Gasteiger partial charge in [-0.1, -0.05) is 18.2 Å². The molecule has 3 aromatic rings. The highest BCUT2D eigenvalue weighted by atomic mass is 16.5. The van der Waals surface area contributed by atoms with Crippen LogP contribution >= 0.6 is 0 Å². The van der Waals surface area contributed by atoms with Crippen molar-refractivity contribution in [3.8, 4) is 11.6 Å². The summed E-state index contributed by atoms with van der Waals surface area (Å²) >= 11 is 0. The zero-order valence-electron chi connectivity index (χ0n) is 15.8. The Balaban J connectivity index is 1.41. The van der Waals surface area contributed by atoms with E-state index in [0.717, 1.165) is 16.9 Å². The van der Waals surface area contributed by atoms with Gasteiger partial charge in [-0.05, 0) is 23.8 Å². The average Bonchev–Trinajstić information content (AvgIpc) is 3.30. The Kier molecular flexibility index (Phi) is 6.71. The predicted molar refractivity (Wildman–Crippen MR) is 104 cm³/mol. The smallest absolute Gasteiger partial charge is 0.315 e. The summed E-state index contributed by atoms with van der Waals surface area (Å²) in [5.74, 6) is 1.03. The summed E-state index contributed by atoms with van der Waals surface area (Å²) in [7, 11) is 1.59. The maximum atomic E-state index is 12.0. The second kappa shape index (κ2) is 9.83. The number of aromatic nitrogens is 4. The van der Waals surface area contributed by atoms with Crippen molar-refractivity contribution in [3.05, 3.63) is 66.4 Å². The SMILES string of the molecule is COc1ccc(CNC(=O)CNC(=O)NCc2cccnc2-n2cncn2)cc1. The van der Waals surface area contributed by atoms with E-state index in [0.29, 0.717) is 12.4 Å². The van der Waals surface area contributed by atoms with Gasteiger partial charge in [-0.2, -0.15) is 5.10 Å². The van der Waals surface area contributed by atoms with E-state index in [1.54, 1.807) is 19.4 Å². The number of carbonyl (C=O) groups is 2.